The molecule has 0 spiro atoms. The molecule has 334 valence electrons. The van der Waals surface area contributed by atoms with Gasteiger partial charge in [-0.3, -0.25) is 0 Å². The predicted octanol–water partition coefficient (Wildman–Crippen LogP) is 7.67. The minimum atomic E-state index is -0.290. The van der Waals surface area contributed by atoms with Crippen molar-refractivity contribution >= 4 is 33.4 Å². The quantitative estimate of drug-likeness (QED) is 0.139. The highest BCUT2D eigenvalue weighted by Crippen LogP contribution is 2.36. The number of rotatable bonds is 10. The van der Waals surface area contributed by atoms with Gasteiger partial charge < -0.3 is 39.0 Å². The van der Waals surface area contributed by atoms with Gasteiger partial charge in [0.15, 0.2) is 11.6 Å². The maximum atomic E-state index is 14.9. The third kappa shape index (κ3) is 9.83. The average molecular weight is 865 g/mol. The summed E-state index contributed by atoms with van der Waals surface area (Å²) in [5.41, 5.74) is 4.17. The van der Waals surface area contributed by atoms with E-state index in [0.717, 1.165) is 137 Å². The number of aromatic nitrogens is 6. The topological polar surface area (TPSA) is 153 Å². The molecule has 4 aromatic heterocycles. The summed E-state index contributed by atoms with van der Waals surface area (Å²) in [7, 11) is 0. The van der Waals surface area contributed by atoms with Gasteiger partial charge in [0.1, 0.15) is 34.3 Å². The van der Waals surface area contributed by atoms with Crippen molar-refractivity contribution in [3.8, 4) is 22.9 Å². The van der Waals surface area contributed by atoms with Gasteiger partial charge in [-0.05, 0) is 119 Å². The smallest absolute Gasteiger partial charge is 0.261 e. The summed E-state index contributed by atoms with van der Waals surface area (Å²) >= 11 is 0. The maximum absolute atomic E-state index is 14.9. The number of nitrogens with one attached hydrogen (secondary N) is 2. The van der Waals surface area contributed by atoms with Gasteiger partial charge in [0.2, 0.25) is 0 Å². The molecule has 0 amide bonds. The molecule has 4 fully saturated rings. The number of nitrogens with zero attached hydrogens (tertiary/aromatic N) is 8. The number of anilines is 2. The highest BCUT2D eigenvalue weighted by Gasteiger charge is 2.29. The minimum Gasteiger partial charge on any atom is -0.380 e. The lowest BCUT2D eigenvalue weighted by molar-refractivity contribution is 0.0650. The molecule has 4 saturated heterocycles. The second kappa shape index (κ2) is 19.3. The van der Waals surface area contributed by atoms with Crippen LogP contribution in [0.4, 0.5) is 20.4 Å². The van der Waals surface area contributed by atoms with Crippen LogP contribution in [0.1, 0.15) is 81.6 Å². The highest BCUT2D eigenvalue weighted by atomic mass is 19.1. The molecular formula is C47H58F2N10O4. The summed E-state index contributed by atoms with van der Waals surface area (Å²) in [5.74, 6) is 2.82. The molecule has 2 atom stereocenters. The van der Waals surface area contributed by atoms with Crippen LogP contribution in [0.3, 0.4) is 0 Å². The van der Waals surface area contributed by atoms with E-state index in [1.165, 1.54) is 6.42 Å². The molecule has 2 N–H and O–H groups in total. The fourth-order valence-corrected chi connectivity index (χ4v) is 9.32. The second-order valence-corrected chi connectivity index (χ2v) is 17.3. The third-order valence-corrected chi connectivity index (χ3v) is 12.8. The van der Waals surface area contributed by atoms with E-state index >= 15 is 0 Å². The Morgan fingerprint density at radius 1 is 0.571 bits per heavy atom. The first kappa shape index (κ1) is 43.1. The molecule has 6 aromatic rings. The summed E-state index contributed by atoms with van der Waals surface area (Å²) in [6.07, 6.45) is 8.87. The van der Waals surface area contributed by atoms with Crippen LogP contribution in [0.2, 0.25) is 0 Å². The van der Waals surface area contributed by atoms with E-state index in [2.05, 4.69) is 40.7 Å². The fraction of sp³-hybridized carbons (Fsp3) is 0.532. The van der Waals surface area contributed by atoms with Crippen molar-refractivity contribution in [3.05, 3.63) is 70.8 Å². The summed E-state index contributed by atoms with van der Waals surface area (Å²) in [6.45, 7) is 14.3. The molecule has 16 heteroatoms. The fourth-order valence-electron chi connectivity index (χ4n) is 9.32. The monoisotopic (exact) mass is 864 g/mol. The molecule has 0 aliphatic carbocycles. The number of hydrogen-bond acceptors (Lipinski definition) is 14. The van der Waals surface area contributed by atoms with Crippen LogP contribution < -0.4 is 20.4 Å². The number of aryl methyl sites for hydroxylation is 4. The number of hydrogen-bond donors (Lipinski definition) is 2. The van der Waals surface area contributed by atoms with E-state index in [4.69, 9.17) is 28.5 Å². The minimum absolute atomic E-state index is 0.289. The lowest BCUT2D eigenvalue weighted by Crippen LogP contribution is -2.48. The molecule has 63 heavy (non-hydrogen) atoms. The van der Waals surface area contributed by atoms with E-state index in [-0.39, 0.29) is 11.6 Å². The largest absolute Gasteiger partial charge is 0.380 e. The van der Waals surface area contributed by atoms with Gasteiger partial charge in [0.25, 0.3) is 11.8 Å². The summed E-state index contributed by atoms with van der Waals surface area (Å²) in [5, 5.41) is 16.9. The molecule has 0 saturated carbocycles. The standard InChI is InChI=1S/C24H30FN5O2.C23H28FN5O2/c1-3-16-11-17-13-20(24-26-15(2)29-32-24)23(28-22(17)21(25)12-16)30-8-6-18(7-9-30)27-19-5-4-10-31-14-19;1-3-15-10-16-12-19(23-25-14(2)28-31-23)22(27-21(16)20(24)11-15)29-7-4-17(5-8-29)26-18-6-9-30-13-18/h11-13,18-19,27H,3-10,14H2,1-2H3;10-12,17-18,26H,3-9,13H2,1-2H3/t19-;18-/m00/s1. The van der Waals surface area contributed by atoms with Crippen LogP contribution in [-0.2, 0) is 22.3 Å². The van der Waals surface area contributed by atoms with Gasteiger partial charge in [-0.2, -0.15) is 9.97 Å². The lowest BCUT2D eigenvalue weighted by Gasteiger charge is -2.36. The van der Waals surface area contributed by atoms with Crippen LogP contribution in [0.15, 0.2) is 45.4 Å². The zero-order chi connectivity index (χ0) is 43.5. The number of halogens is 2. The normalized spacial score (nSPS) is 20.2. The predicted molar refractivity (Wildman–Crippen MR) is 238 cm³/mol. The van der Waals surface area contributed by atoms with E-state index in [9.17, 15) is 8.78 Å². The number of benzene rings is 2. The molecule has 0 bridgehead atoms. The molecular weight excluding hydrogens is 807 g/mol. The number of piperidine rings is 2. The molecule has 0 radical (unpaired) electrons. The molecule has 8 heterocycles. The van der Waals surface area contributed by atoms with Gasteiger partial charge in [-0.25, -0.2) is 18.7 Å². The summed E-state index contributed by atoms with van der Waals surface area (Å²) in [4.78, 5) is 22.8. The van der Waals surface area contributed by atoms with Crippen molar-refractivity contribution in [3.63, 3.8) is 0 Å². The number of fused-ring (bicyclic) bond motifs is 2. The zero-order valence-electron chi connectivity index (χ0n) is 36.8. The molecule has 14 nitrogen and oxygen atoms in total. The highest BCUT2D eigenvalue weighted by molar-refractivity contribution is 5.90. The van der Waals surface area contributed by atoms with Crippen LogP contribution in [0, 0.1) is 25.5 Å². The Labute approximate surface area is 366 Å². The van der Waals surface area contributed by atoms with Crippen molar-refractivity contribution in [1.82, 2.24) is 40.9 Å². The van der Waals surface area contributed by atoms with Crippen molar-refractivity contribution < 1.29 is 27.3 Å². The Bertz CT molecular complexity index is 2500. The van der Waals surface area contributed by atoms with Gasteiger partial charge >= 0.3 is 0 Å². The molecule has 4 aliphatic rings. The van der Waals surface area contributed by atoms with Gasteiger partial charge in [-0.15, -0.1) is 0 Å². The van der Waals surface area contributed by atoms with Crippen molar-refractivity contribution in [2.75, 3.05) is 62.4 Å². The third-order valence-electron chi connectivity index (χ3n) is 12.8. The first-order valence-corrected chi connectivity index (χ1v) is 22.8. The van der Waals surface area contributed by atoms with E-state index < -0.39 is 0 Å². The Hall–Kier alpha value is -5.16. The first-order valence-electron chi connectivity index (χ1n) is 22.8. The Morgan fingerprint density at radius 3 is 1.43 bits per heavy atom. The van der Waals surface area contributed by atoms with Crippen LogP contribution in [0.5, 0.6) is 0 Å². The average Bonchev–Trinajstić information content (AvgIpc) is 4.10. The van der Waals surface area contributed by atoms with Gasteiger partial charge in [-0.1, -0.05) is 24.2 Å². The van der Waals surface area contributed by atoms with E-state index in [1.807, 2.05) is 38.1 Å². The lowest BCUT2D eigenvalue weighted by atomic mass is 10.0. The van der Waals surface area contributed by atoms with Gasteiger partial charge in [0.05, 0.1) is 24.3 Å². The van der Waals surface area contributed by atoms with Gasteiger partial charge in [0, 0.05) is 74.3 Å². The summed E-state index contributed by atoms with van der Waals surface area (Å²) < 4.78 is 51.8. The SMILES string of the molecule is CCc1cc(F)c2nc(N3CCC(N[C@H]4CCCOC4)CC3)c(-c3nc(C)no3)cc2c1.CCc1cc(F)c2nc(N3CCC(N[C@H]4CCOC4)CC3)c(-c3nc(C)no3)cc2c1. The first-order chi connectivity index (χ1) is 30.7. The maximum Gasteiger partial charge on any atom is 0.261 e. The van der Waals surface area contributed by atoms with Crippen molar-refractivity contribution in [2.45, 2.75) is 110 Å². The van der Waals surface area contributed by atoms with E-state index in [0.29, 0.717) is 70.3 Å². The van der Waals surface area contributed by atoms with Crippen molar-refractivity contribution in [1.29, 1.82) is 0 Å². The van der Waals surface area contributed by atoms with Crippen LogP contribution in [0.25, 0.3) is 44.7 Å². The zero-order valence-corrected chi connectivity index (χ0v) is 36.8. The Balaban J connectivity index is 0.000000160. The second-order valence-electron chi connectivity index (χ2n) is 17.3. The number of pyridine rings is 2. The molecule has 4 aliphatic heterocycles. The van der Waals surface area contributed by atoms with Crippen LogP contribution >= 0.6 is 0 Å². The Kier molecular flexibility index (Phi) is 13.2. The molecule has 10 rings (SSSR count). The Morgan fingerprint density at radius 2 is 1.03 bits per heavy atom. The number of ether oxygens (including phenoxy) is 2. The van der Waals surface area contributed by atoms with Crippen molar-refractivity contribution in [2.24, 2.45) is 0 Å². The van der Waals surface area contributed by atoms with E-state index in [1.54, 1.807) is 26.0 Å². The molecule has 0 unspecified atom stereocenters. The molecule has 2 aromatic carbocycles. The summed E-state index contributed by atoms with van der Waals surface area (Å²) in [6, 6.07) is 12.8. The van der Waals surface area contributed by atoms with Crippen LogP contribution in [-0.4, -0.2) is 107 Å².